The van der Waals surface area contributed by atoms with Crippen molar-refractivity contribution in [2.45, 2.75) is 164 Å². The number of sulfone groups is 2. The van der Waals surface area contributed by atoms with E-state index in [2.05, 4.69) is 87.8 Å². The number of hydrogen-bond donors (Lipinski definition) is 2. The molecule has 2 aromatic rings. The first-order valence-electron chi connectivity index (χ1n) is 23.3. The van der Waals surface area contributed by atoms with Crippen LogP contribution in [0.5, 0.6) is 0 Å². The number of alkyl halides is 1. The second-order valence-corrected chi connectivity index (χ2v) is 34.2. The largest absolute Gasteiger partial charge is 0.414 e. The maximum absolute atomic E-state index is 13.3. The second kappa shape index (κ2) is 24.8. The van der Waals surface area contributed by atoms with Gasteiger partial charge in [0.1, 0.15) is 0 Å². The fourth-order valence-corrected chi connectivity index (χ4v) is 13.8. The molecular weight excluding hydrogens is 888 g/mol. The van der Waals surface area contributed by atoms with Crippen molar-refractivity contribution in [2.24, 2.45) is 23.7 Å². The third-order valence-corrected chi connectivity index (χ3v) is 26.6. The van der Waals surface area contributed by atoms with Crippen LogP contribution in [0.4, 0.5) is 4.39 Å². The topological polar surface area (TPSA) is 146 Å². The van der Waals surface area contributed by atoms with Gasteiger partial charge >= 0.3 is 0 Å². The van der Waals surface area contributed by atoms with E-state index in [4.69, 9.17) is 24.8 Å². The first kappa shape index (κ1) is 56.3. The minimum atomic E-state index is -3.43. The van der Waals surface area contributed by atoms with Gasteiger partial charge in [0.25, 0.3) is 0 Å². The molecule has 2 fully saturated rings. The summed E-state index contributed by atoms with van der Waals surface area (Å²) in [6.45, 7) is 34.6. The molecule has 366 valence electrons. The molecule has 0 saturated carbocycles. The lowest BCUT2D eigenvalue weighted by molar-refractivity contribution is -0.0111. The van der Waals surface area contributed by atoms with Crippen LogP contribution in [0.3, 0.4) is 0 Å². The third-order valence-electron chi connectivity index (χ3n) is 13.9. The summed E-state index contributed by atoms with van der Waals surface area (Å²) in [4.78, 5) is 0.684. The zero-order chi connectivity index (χ0) is 49.6. The smallest absolute Gasteiger partial charge is 0.192 e. The lowest BCUT2D eigenvalue weighted by Crippen LogP contribution is -2.48. The fourth-order valence-electron chi connectivity index (χ4n) is 7.79. The monoisotopic (exact) mass is 972 g/mol. The molecule has 0 aromatic heterocycles. The molecule has 0 bridgehead atoms. The van der Waals surface area contributed by atoms with E-state index in [1.807, 2.05) is 19.1 Å². The highest BCUT2D eigenvalue weighted by Crippen LogP contribution is 2.43. The van der Waals surface area contributed by atoms with Crippen molar-refractivity contribution in [1.82, 2.24) is 0 Å². The van der Waals surface area contributed by atoms with Crippen molar-refractivity contribution < 1.29 is 51.1 Å². The Hall–Kier alpha value is -2.06. The quantitative estimate of drug-likeness (QED) is 0.0972. The summed E-state index contributed by atoms with van der Waals surface area (Å²) in [7, 11) is -11.9. The van der Waals surface area contributed by atoms with Gasteiger partial charge in [0.2, 0.25) is 0 Å². The van der Waals surface area contributed by atoms with Crippen molar-refractivity contribution in [1.29, 1.82) is 0 Å². The fraction of sp³-hybridized carbons (Fsp3) is 0.673. The Morgan fingerprint density at radius 2 is 1.11 bits per heavy atom. The minimum absolute atomic E-state index is 0.00239. The van der Waals surface area contributed by atoms with Gasteiger partial charge in [-0.2, -0.15) is 0 Å². The summed E-state index contributed by atoms with van der Waals surface area (Å²) in [6.07, 6.45) is 3.99. The summed E-state index contributed by atoms with van der Waals surface area (Å²) in [5.41, 5.74) is 0. The molecule has 0 spiro atoms. The molecule has 2 unspecified atom stereocenters. The van der Waals surface area contributed by atoms with Crippen molar-refractivity contribution in [2.75, 3.05) is 31.9 Å². The summed E-state index contributed by atoms with van der Waals surface area (Å²) in [6, 6.07) is 17.2. The SMILES string of the molecule is C=CC[C@@H]1O[C@H](C[C@@H](CO[Si](C)(C)C(C)(C)C)O[Si](C)(C)C(C)(C)C)[C@H](C)C1CS(=O)(=O)c1ccccc1.C=CC[C@@H]1O[C@H](C[C@H](O)CO)[C@H](C)C1CS(=O)(=O)c1ccccc1.[2H]CF. The maximum Gasteiger partial charge on any atom is 0.192 e. The van der Waals surface area contributed by atoms with Gasteiger partial charge in [-0.3, -0.25) is 4.39 Å². The predicted octanol–water partition coefficient (Wildman–Crippen LogP) is 10.2. The Kier molecular flexibility index (Phi) is 21.8. The molecule has 0 radical (unpaired) electrons. The van der Waals surface area contributed by atoms with Gasteiger partial charge in [-0.25, -0.2) is 16.8 Å². The van der Waals surface area contributed by atoms with Crippen LogP contribution in [0.15, 0.2) is 95.8 Å². The molecule has 10 atom stereocenters. The van der Waals surface area contributed by atoms with Crippen molar-refractivity contribution >= 4 is 36.3 Å². The standard InChI is InChI=1S/C30H54O5SSi2.C18H26O5S.CH3F/c1-13-17-27-26(22-36(31,32)25-18-15-14-16-19-25)23(2)28(34-27)20-24(35-38(11,12)30(6,7)8)21-33-37(9,10)29(3,4)5;1-3-7-17-16(13(2)18(23-17)10-14(20)11-19)12-24(21,22)15-8-5-4-6-9-15;1-2/h13-16,18-19,23-24,26-28H,1,17,20-22H2,2-12H3;3-6,8-9,13-14,16-20H,1,7,10-12H2,2H3;1H3/t23-,24+,26?,27+,28-;13-,14+,16?,17+,18-;/m11./s1/i;;1D. The molecule has 2 aliphatic rings. The molecule has 0 amide bonds. The Balaban J connectivity index is 0.000000459. The van der Waals surface area contributed by atoms with Crippen LogP contribution in [0.2, 0.25) is 36.3 Å². The van der Waals surface area contributed by atoms with Gasteiger partial charge in [-0.05, 0) is 85.2 Å². The molecule has 2 saturated heterocycles. The first-order valence-corrected chi connectivity index (χ1v) is 31.7. The number of rotatable bonds is 20. The van der Waals surface area contributed by atoms with E-state index in [1.54, 1.807) is 60.7 Å². The Labute approximate surface area is 390 Å². The van der Waals surface area contributed by atoms with Gasteiger partial charge in [0.15, 0.2) is 36.3 Å². The van der Waals surface area contributed by atoms with Crippen LogP contribution in [-0.2, 0) is 38.0 Å². The van der Waals surface area contributed by atoms with Gasteiger partial charge < -0.3 is 28.5 Å². The number of halogens is 1. The van der Waals surface area contributed by atoms with Crippen LogP contribution in [0.25, 0.3) is 0 Å². The molecule has 2 aliphatic heterocycles. The first-order chi connectivity index (χ1) is 30.0. The Morgan fingerprint density at radius 1 is 0.734 bits per heavy atom. The number of aliphatic hydroxyl groups is 2. The van der Waals surface area contributed by atoms with E-state index in [0.717, 1.165) is 0 Å². The van der Waals surface area contributed by atoms with Crippen LogP contribution in [0, 0.1) is 23.7 Å². The van der Waals surface area contributed by atoms with Crippen molar-refractivity contribution in [3.63, 3.8) is 0 Å². The highest BCUT2D eigenvalue weighted by atomic mass is 32.2. The molecule has 64 heavy (non-hydrogen) atoms. The maximum atomic E-state index is 13.3. The number of aliphatic hydroxyl groups excluding tert-OH is 2. The second-order valence-electron chi connectivity index (χ2n) is 20.6. The Bertz CT molecular complexity index is 1940. The Morgan fingerprint density at radius 3 is 1.45 bits per heavy atom. The van der Waals surface area contributed by atoms with Crippen molar-refractivity contribution in [3.8, 4) is 0 Å². The van der Waals surface area contributed by atoms with Gasteiger partial charge in [-0.1, -0.05) is 104 Å². The highest BCUT2D eigenvalue weighted by molar-refractivity contribution is 7.91. The van der Waals surface area contributed by atoms with Crippen LogP contribution < -0.4 is 0 Å². The number of benzene rings is 2. The molecular formula is C49H83FO10S2Si2. The molecule has 2 heterocycles. The average Bonchev–Trinajstić information content (AvgIpc) is 3.65. The van der Waals surface area contributed by atoms with Crippen LogP contribution >= 0.6 is 0 Å². The molecule has 0 aliphatic carbocycles. The lowest BCUT2D eigenvalue weighted by atomic mass is 9.87. The molecule has 2 N–H and O–H groups in total. The van der Waals surface area contributed by atoms with E-state index in [9.17, 15) is 26.3 Å². The summed E-state index contributed by atoms with van der Waals surface area (Å²) >= 11 is 0. The minimum Gasteiger partial charge on any atom is -0.414 e. The molecule has 10 nitrogen and oxygen atoms in total. The summed E-state index contributed by atoms with van der Waals surface area (Å²) in [5, 5.41) is 18.9. The van der Waals surface area contributed by atoms with Gasteiger partial charge in [-0.15, -0.1) is 13.2 Å². The average molecular weight is 973 g/mol. The molecule has 2 aromatic carbocycles. The zero-order valence-corrected chi connectivity index (χ0v) is 44.5. The van der Waals surface area contributed by atoms with Crippen LogP contribution in [0.1, 0.15) is 82.4 Å². The normalized spacial score (nSPS) is 25.5. The summed E-state index contributed by atoms with van der Waals surface area (Å²) < 4.78 is 93.7. The van der Waals surface area contributed by atoms with Gasteiger partial charge in [0.05, 0.1) is 79.7 Å². The summed E-state index contributed by atoms with van der Waals surface area (Å²) in [5.74, 6) is -0.183. The highest BCUT2D eigenvalue weighted by Gasteiger charge is 2.47. The lowest BCUT2D eigenvalue weighted by Gasteiger charge is -2.42. The van der Waals surface area contributed by atoms with Gasteiger partial charge in [0, 0.05) is 24.7 Å². The van der Waals surface area contributed by atoms with Crippen molar-refractivity contribution in [3.05, 3.63) is 86.0 Å². The molecule has 15 heteroatoms. The third kappa shape index (κ3) is 16.3. The number of ether oxygens (including phenoxy) is 2. The van der Waals surface area contributed by atoms with E-state index < -0.39 is 49.6 Å². The number of hydrogen-bond acceptors (Lipinski definition) is 10. The van der Waals surface area contributed by atoms with E-state index in [1.165, 1.54) is 0 Å². The van der Waals surface area contributed by atoms with E-state index >= 15 is 0 Å². The van der Waals surface area contributed by atoms with E-state index in [-0.39, 0.29) is 82.4 Å². The zero-order valence-electron chi connectivity index (χ0n) is 41.8. The molecule has 4 rings (SSSR count). The van der Waals surface area contributed by atoms with E-state index in [0.29, 0.717) is 42.1 Å². The van der Waals surface area contributed by atoms with Crippen LogP contribution in [-0.4, -0.2) is 112 Å². The predicted molar refractivity (Wildman–Crippen MR) is 264 cm³/mol.